The summed E-state index contributed by atoms with van der Waals surface area (Å²) in [5.41, 5.74) is 5.73. The Morgan fingerprint density at radius 3 is 2.23 bits per heavy atom. The van der Waals surface area contributed by atoms with E-state index in [1.165, 1.54) is 12.1 Å². The maximum atomic E-state index is 12.5. The van der Waals surface area contributed by atoms with E-state index in [4.69, 9.17) is 10.5 Å². The standard InChI is InChI=1S/C18H19F3N2O3/c1-12(23(25)17(22)24)14-4-8-16(9-5-14)26-11-10-13-2-6-15(7-3-13)18(19,20)21/h2-9,12,25H,10-11H2,1H3,(H2,22,24). The quantitative estimate of drug-likeness (QED) is 0.594. The summed E-state index contributed by atoms with van der Waals surface area (Å²) in [5.74, 6) is 0.566. The summed E-state index contributed by atoms with van der Waals surface area (Å²) >= 11 is 0. The minimum atomic E-state index is -4.34. The third-order valence-corrected chi connectivity index (χ3v) is 3.90. The van der Waals surface area contributed by atoms with Crippen LogP contribution in [0.1, 0.15) is 29.7 Å². The van der Waals surface area contributed by atoms with Crippen LogP contribution in [0.3, 0.4) is 0 Å². The minimum absolute atomic E-state index is 0.299. The number of hydrogen-bond acceptors (Lipinski definition) is 3. The summed E-state index contributed by atoms with van der Waals surface area (Å²) in [4.78, 5) is 10.9. The molecular formula is C18H19F3N2O3. The average molecular weight is 368 g/mol. The van der Waals surface area contributed by atoms with Gasteiger partial charge >= 0.3 is 12.2 Å². The highest BCUT2D eigenvalue weighted by atomic mass is 19.4. The summed E-state index contributed by atoms with van der Waals surface area (Å²) in [6, 6.07) is 10.1. The van der Waals surface area contributed by atoms with Crippen LogP contribution in [-0.4, -0.2) is 22.9 Å². The Labute approximate surface area is 148 Å². The van der Waals surface area contributed by atoms with Gasteiger partial charge in [0.25, 0.3) is 0 Å². The zero-order valence-corrected chi connectivity index (χ0v) is 14.0. The summed E-state index contributed by atoms with van der Waals surface area (Å²) in [6.45, 7) is 1.92. The molecule has 1 unspecified atom stereocenters. The van der Waals surface area contributed by atoms with Crippen molar-refractivity contribution in [2.45, 2.75) is 25.6 Å². The first-order chi connectivity index (χ1) is 12.2. The molecule has 0 aliphatic rings. The van der Waals surface area contributed by atoms with Crippen molar-refractivity contribution in [1.82, 2.24) is 5.06 Å². The normalized spacial score (nSPS) is 12.5. The molecule has 0 heterocycles. The van der Waals surface area contributed by atoms with Crippen LogP contribution in [0.5, 0.6) is 5.75 Å². The molecule has 0 saturated heterocycles. The van der Waals surface area contributed by atoms with Crippen LogP contribution in [0.4, 0.5) is 18.0 Å². The molecule has 2 rings (SSSR count). The number of nitrogens with two attached hydrogens (primary N) is 1. The summed E-state index contributed by atoms with van der Waals surface area (Å²) in [7, 11) is 0. The number of hydroxylamine groups is 2. The van der Waals surface area contributed by atoms with Crippen LogP contribution in [0, 0.1) is 0 Å². The number of amides is 2. The molecule has 2 aromatic rings. The second-order valence-corrected chi connectivity index (χ2v) is 5.72. The second kappa shape index (κ2) is 8.09. The number of alkyl halides is 3. The molecule has 0 fully saturated rings. The summed E-state index contributed by atoms with van der Waals surface area (Å²) < 4.78 is 43.1. The molecule has 2 aromatic carbocycles. The van der Waals surface area contributed by atoms with Crippen molar-refractivity contribution in [3.05, 3.63) is 65.2 Å². The average Bonchev–Trinajstić information content (AvgIpc) is 2.60. The molecule has 0 bridgehead atoms. The second-order valence-electron chi connectivity index (χ2n) is 5.72. The number of halogens is 3. The molecule has 0 spiro atoms. The maximum absolute atomic E-state index is 12.5. The zero-order valence-electron chi connectivity index (χ0n) is 14.0. The minimum Gasteiger partial charge on any atom is -0.493 e. The van der Waals surface area contributed by atoms with Crippen molar-refractivity contribution >= 4 is 6.03 Å². The summed E-state index contributed by atoms with van der Waals surface area (Å²) in [5, 5.41) is 9.94. The van der Waals surface area contributed by atoms with Gasteiger partial charge in [-0.25, -0.2) is 4.79 Å². The van der Waals surface area contributed by atoms with Crippen LogP contribution < -0.4 is 10.5 Å². The number of carbonyl (C=O) groups is 1. The molecule has 0 aliphatic heterocycles. The van der Waals surface area contributed by atoms with E-state index in [9.17, 15) is 23.2 Å². The molecular weight excluding hydrogens is 349 g/mol. The first kappa shape index (κ1) is 19.6. The number of ether oxygens (including phenoxy) is 1. The number of nitrogens with zero attached hydrogens (tertiary/aromatic N) is 1. The fraction of sp³-hybridized carbons (Fsp3) is 0.278. The largest absolute Gasteiger partial charge is 0.493 e. The molecule has 0 radical (unpaired) electrons. The maximum Gasteiger partial charge on any atom is 0.416 e. The SMILES string of the molecule is CC(c1ccc(OCCc2ccc(C(F)(F)F)cc2)cc1)N(O)C(N)=O. The van der Waals surface area contributed by atoms with E-state index in [1.54, 1.807) is 31.2 Å². The van der Waals surface area contributed by atoms with Gasteiger partial charge in [0, 0.05) is 6.42 Å². The van der Waals surface area contributed by atoms with Crippen LogP contribution in [-0.2, 0) is 12.6 Å². The van der Waals surface area contributed by atoms with Gasteiger partial charge < -0.3 is 10.5 Å². The molecule has 2 amide bonds. The number of urea groups is 1. The van der Waals surface area contributed by atoms with Crippen molar-refractivity contribution in [1.29, 1.82) is 0 Å². The van der Waals surface area contributed by atoms with E-state index >= 15 is 0 Å². The van der Waals surface area contributed by atoms with Crippen LogP contribution in [0.25, 0.3) is 0 Å². The Morgan fingerprint density at radius 1 is 1.15 bits per heavy atom. The Bertz CT molecular complexity index is 731. The smallest absolute Gasteiger partial charge is 0.416 e. The van der Waals surface area contributed by atoms with Gasteiger partial charge in [0.05, 0.1) is 18.2 Å². The highest BCUT2D eigenvalue weighted by Gasteiger charge is 2.29. The van der Waals surface area contributed by atoms with Gasteiger partial charge in [-0.2, -0.15) is 18.2 Å². The lowest BCUT2D eigenvalue weighted by molar-refractivity contribution is -0.137. The van der Waals surface area contributed by atoms with Crippen molar-refractivity contribution in [3.63, 3.8) is 0 Å². The van der Waals surface area contributed by atoms with E-state index in [0.29, 0.717) is 29.4 Å². The lowest BCUT2D eigenvalue weighted by atomic mass is 10.1. The molecule has 0 aliphatic carbocycles. The van der Waals surface area contributed by atoms with Crippen LogP contribution in [0.2, 0.25) is 0 Å². The van der Waals surface area contributed by atoms with Gasteiger partial charge in [-0.05, 0) is 42.3 Å². The third-order valence-electron chi connectivity index (χ3n) is 3.90. The first-order valence-corrected chi connectivity index (χ1v) is 7.85. The Balaban J connectivity index is 1.87. The van der Waals surface area contributed by atoms with Gasteiger partial charge in [-0.3, -0.25) is 5.21 Å². The Kier molecular flexibility index (Phi) is 6.10. The molecule has 0 aromatic heterocycles. The van der Waals surface area contributed by atoms with E-state index in [2.05, 4.69) is 0 Å². The number of rotatable bonds is 6. The van der Waals surface area contributed by atoms with E-state index in [1.807, 2.05) is 0 Å². The predicted octanol–water partition coefficient (Wildman–Crippen LogP) is 4.16. The van der Waals surface area contributed by atoms with Gasteiger partial charge in [0.2, 0.25) is 0 Å². The highest BCUT2D eigenvalue weighted by Crippen LogP contribution is 2.29. The zero-order chi connectivity index (χ0) is 19.3. The lowest BCUT2D eigenvalue weighted by Crippen LogP contribution is -2.34. The topological polar surface area (TPSA) is 75.8 Å². The van der Waals surface area contributed by atoms with Crippen LogP contribution in [0.15, 0.2) is 48.5 Å². The van der Waals surface area contributed by atoms with Crippen LogP contribution >= 0.6 is 0 Å². The molecule has 140 valence electrons. The summed E-state index contributed by atoms with van der Waals surface area (Å²) in [6.07, 6.45) is -3.88. The fourth-order valence-corrected chi connectivity index (χ4v) is 2.32. The molecule has 8 heteroatoms. The van der Waals surface area contributed by atoms with Crippen molar-refractivity contribution < 1.29 is 27.9 Å². The number of primary amides is 1. The number of hydrogen-bond donors (Lipinski definition) is 2. The fourth-order valence-electron chi connectivity index (χ4n) is 2.32. The van der Waals surface area contributed by atoms with Gasteiger partial charge in [-0.15, -0.1) is 0 Å². The molecule has 5 nitrogen and oxygen atoms in total. The van der Waals surface area contributed by atoms with Crippen molar-refractivity contribution in [2.75, 3.05) is 6.61 Å². The Morgan fingerprint density at radius 2 is 1.73 bits per heavy atom. The van der Waals surface area contributed by atoms with Crippen molar-refractivity contribution in [3.8, 4) is 5.75 Å². The molecule has 0 saturated carbocycles. The molecule has 26 heavy (non-hydrogen) atoms. The highest BCUT2D eigenvalue weighted by molar-refractivity contribution is 5.71. The van der Waals surface area contributed by atoms with Gasteiger partial charge in [-0.1, -0.05) is 24.3 Å². The molecule has 3 N–H and O–H groups in total. The lowest BCUT2D eigenvalue weighted by Gasteiger charge is -2.20. The first-order valence-electron chi connectivity index (χ1n) is 7.85. The number of carbonyl (C=O) groups excluding carboxylic acids is 1. The van der Waals surface area contributed by atoms with E-state index in [0.717, 1.165) is 17.7 Å². The number of benzene rings is 2. The third kappa shape index (κ3) is 5.13. The van der Waals surface area contributed by atoms with Gasteiger partial charge in [0.15, 0.2) is 0 Å². The Hall–Kier alpha value is -2.74. The predicted molar refractivity (Wildman–Crippen MR) is 88.7 cm³/mol. The monoisotopic (exact) mass is 368 g/mol. The van der Waals surface area contributed by atoms with Crippen molar-refractivity contribution in [2.24, 2.45) is 5.73 Å². The van der Waals surface area contributed by atoms with Gasteiger partial charge in [0.1, 0.15) is 5.75 Å². The van der Waals surface area contributed by atoms with E-state index in [-0.39, 0.29) is 0 Å². The van der Waals surface area contributed by atoms with E-state index < -0.39 is 23.8 Å². The molecule has 1 atom stereocenters.